The minimum Gasteiger partial charge on any atom is -0.359 e. The van der Waals surface area contributed by atoms with Crippen LogP contribution in [0.25, 0.3) is 0 Å². The molecule has 84 valence electrons. The standard InChI is InChI=1S/C13H11N3O/c1-2-13(17)11-5-3-4-6-12(11)16-9-10(7-14)8-15/h3-6,9,16H,2H2,1H3. The van der Waals surface area contributed by atoms with Crippen LogP contribution in [0.3, 0.4) is 0 Å². The van der Waals surface area contributed by atoms with E-state index in [4.69, 9.17) is 10.5 Å². The van der Waals surface area contributed by atoms with Crippen LogP contribution < -0.4 is 5.32 Å². The van der Waals surface area contributed by atoms with Gasteiger partial charge in [-0.2, -0.15) is 10.5 Å². The van der Waals surface area contributed by atoms with Gasteiger partial charge in [-0.25, -0.2) is 0 Å². The predicted molar refractivity (Wildman–Crippen MR) is 64.0 cm³/mol. The third-order valence-electron chi connectivity index (χ3n) is 2.16. The molecule has 1 aromatic carbocycles. The Morgan fingerprint density at radius 2 is 2.00 bits per heavy atom. The molecule has 0 saturated carbocycles. The zero-order chi connectivity index (χ0) is 12.7. The molecule has 0 saturated heterocycles. The van der Waals surface area contributed by atoms with Crippen molar-refractivity contribution >= 4 is 11.5 Å². The molecule has 0 bridgehead atoms. The van der Waals surface area contributed by atoms with Crippen LogP contribution in [0, 0.1) is 22.7 Å². The van der Waals surface area contributed by atoms with Crippen LogP contribution in [0.15, 0.2) is 36.0 Å². The van der Waals surface area contributed by atoms with Gasteiger partial charge in [-0.3, -0.25) is 4.79 Å². The maximum absolute atomic E-state index is 11.6. The van der Waals surface area contributed by atoms with E-state index in [1.807, 2.05) is 0 Å². The number of hydrogen-bond acceptors (Lipinski definition) is 4. The number of benzene rings is 1. The summed E-state index contributed by atoms with van der Waals surface area (Å²) in [5.74, 6) is 0.0111. The number of rotatable bonds is 4. The second-order valence-electron chi connectivity index (χ2n) is 3.25. The Kier molecular flexibility index (Phi) is 4.47. The number of nitriles is 2. The fourth-order valence-electron chi connectivity index (χ4n) is 1.28. The molecular weight excluding hydrogens is 214 g/mol. The van der Waals surface area contributed by atoms with Crippen molar-refractivity contribution in [2.45, 2.75) is 13.3 Å². The first kappa shape index (κ1) is 12.5. The number of nitrogens with one attached hydrogen (secondary N) is 1. The van der Waals surface area contributed by atoms with Gasteiger partial charge in [0, 0.05) is 23.9 Å². The summed E-state index contributed by atoms with van der Waals surface area (Å²) in [6.07, 6.45) is 1.70. The fourth-order valence-corrected chi connectivity index (χ4v) is 1.28. The second kappa shape index (κ2) is 6.09. The van der Waals surface area contributed by atoms with E-state index < -0.39 is 0 Å². The van der Waals surface area contributed by atoms with Crippen molar-refractivity contribution in [2.24, 2.45) is 0 Å². The van der Waals surface area contributed by atoms with Crippen LogP contribution in [-0.4, -0.2) is 5.78 Å². The lowest BCUT2D eigenvalue weighted by Gasteiger charge is -2.06. The highest BCUT2D eigenvalue weighted by atomic mass is 16.1. The lowest BCUT2D eigenvalue weighted by molar-refractivity contribution is 0.0989. The Bertz CT molecular complexity index is 516. The summed E-state index contributed by atoms with van der Waals surface area (Å²) in [6.45, 7) is 1.78. The molecule has 1 rings (SSSR count). The monoisotopic (exact) mass is 225 g/mol. The van der Waals surface area contributed by atoms with Gasteiger partial charge in [-0.05, 0) is 12.1 Å². The summed E-state index contributed by atoms with van der Waals surface area (Å²) < 4.78 is 0. The summed E-state index contributed by atoms with van der Waals surface area (Å²) in [5.41, 5.74) is 1.12. The van der Waals surface area contributed by atoms with Gasteiger partial charge in [0.1, 0.15) is 17.7 Å². The van der Waals surface area contributed by atoms with Crippen LogP contribution in [0.4, 0.5) is 5.69 Å². The summed E-state index contributed by atoms with van der Waals surface area (Å²) in [7, 11) is 0. The summed E-state index contributed by atoms with van der Waals surface area (Å²) in [6, 6.07) is 10.5. The molecule has 4 nitrogen and oxygen atoms in total. The van der Waals surface area contributed by atoms with Gasteiger partial charge in [0.2, 0.25) is 0 Å². The summed E-state index contributed by atoms with van der Waals surface area (Å²) in [5, 5.41) is 20.0. The topological polar surface area (TPSA) is 76.7 Å². The first-order valence-corrected chi connectivity index (χ1v) is 5.12. The zero-order valence-electron chi connectivity index (χ0n) is 9.40. The molecule has 0 aliphatic carbocycles. The van der Waals surface area contributed by atoms with E-state index >= 15 is 0 Å². The number of hydrogen-bond donors (Lipinski definition) is 1. The molecule has 0 atom stereocenters. The second-order valence-corrected chi connectivity index (χ2v) is 3.25. The Morgan fingerprint density at radius 3 is 2.59 bits per heavy atom. The van der Waals surface area contributed by atoms with Crippen LogP contribution in [-0.2, 0) is 0 Å². The van der Waals surface area contributed by atoms with Crippen LogP contribution in [0.1, 0.15) is 23.7 Å². The quantitative estimate of drug-likeness (QED) is 0.631. The normalized spacial score (nSPS) is 8.65. The average Bonchev–Trinajstić information content (AvgIpc) is 2.39. The number of nitrogens with zero attached hydrogens (tertiary/aromatic N) is 2. The van der Waals surface area contributed by atoms with Crippen molar-refractivity contribution in [3.63, 3.8) is 0 Å². The van der Waals surface area contributed by atoms with Crippen molar-refractivity contribution in [1.82, 2.24) is 0 Å². The first-order valence-electron chi connectivity index (χ1n) is 5.12. The molecule has 0 spiro atoms. The predicted octanol–water partition coefficient (Wildman–Crippen LogP) is 2.62. The number of para-hydroxylation sites is 1. The molecule has 17 heavy (non-hydrogen) atoms. The van der Waals surface area contributed by atoms with Gasteiger partial charge in [-0.1, -0.05) is 19.1 Å². The molecule has 0 aliphatic heterocycles. The van der Waals surface area contributed by atoms with Crippen LogP contribution in [0.5, 0.6) is 0 Å². The number of allylic oxidation sites excluding steroid dienone is 1. The average molecular weight is 225 g/mol. The Balaban J connectivity index is 3.01. The Hall–Kier alpha value is -2.59. The number of ketones is 1. The third kappa shape index (κ3) is 3.19. The third-order valence-corrected chi connectivity index (χ3v) is 2.16. The molecule has 0 amide bonds. The number of anilines is 1. The van der Waals surface area contributed by atoms with Crippen molar-refractivity contribution in [1.29, 1.82) is 10.5 Å². The van der Waals surface area contributed by atoms with E-state index in [2.05, 4.69) is 5.32 Å². The SMILES string of the molecule is CCC(=O)c1ccccc1NC=C(C#N)C#N. The summed E-state index contributed by atoms with van der Waals surface area (Å²) >= 11 is 0. The largest absolute Gasteiger partial charge is 0.359 e. The van der Waals surface area contributed by atoms with Crippen LogP contribution >= 0.6 is 0 Å². The van der Waals surface area contributed by atoms with E-state index in [1.165, 1.54) is 6.20 Å². The highest BCUT2D eigenvalue weighted by Crippen LogP contribution is 2.17. The van der Waals surface area contributed by atoms with Crippen molar-refractivity contribution in [3.8, 4) is 12.1 Å². The fraction of sp³-hybridized carbons (Fsp3) is 0.154. The Morgan fingerprint density at radius 1 is 1.35 bits per heavy atom. The van der Waals surface area contributed by atoms with Gasteiger partial charge < -0.3 is 5.32 Å². The zero-order valence-corrected chi connectivity index (χ0v) is 9.40. The molecular formula is C13H11N3O. The van der Waals surface area contributed by atoms with E-state index in [1.54, 1.807) is 43.3 Å². The van der Waals surface area contributed by atoms with Crippen LogP contribution in [0.2, 0.25) is 0 Å². The van der Waals surface area contributed by atoms with Gasteiger partial charge >= 0.3 is 0 Å². The first-order chi connectivity index (χ1) is 8.22. The minimum absolute atomic E-state index is 0.0111. The molecule has 0 aliphatic rings. The number of carbonyl (C=O) groups excluding carboxylic acids is 1. The van der Waals surface area contributed by atoms with E-state index in [-0.39, 0.29) is 11.4 Å². The minimum atomic E-state index is -0.0382. The molecule has 0 radical (unpaired) electrons. The van der Waals surface area contributed by atoms with Crippen molar-refractivity contribution in [2.75, 3.05) is 5.32 Å². The highest BCUT2D eigenvalue weighted by Gasteiger charge is 2.07. The van der Waals surface area contributed by atoms with Crippen molar-refractivity contribution in [3.05, 3.63) is 41.6 Å². The number of Topliss-reactive ketones (excluding diaryl/α,β-unsaturated/α-hetero) is 1. The van der Waals surface area contributed by atoms with Crippen molar-refractivity contribution < 1.29 is 4.79 Å². The molecule has 4 heteroatoms. The molecule has 1 N–H and O–H groups in total. The smallest absolute Gasteiger partial charge is 0.164 e. The van der Waals surface area contributed by atoms with Gasteiger partial charge in [0.15, 0.2) is 5.78 Å². The number of carbonyl (C=O) groups is 1. The van der Waals surface area contributed by atoms with E-state index in [9.17, 15) is 4.79 Å². The summed E-state index contributed by atoms with van der Waals surface area (Å²) in [4.78, 5) is 11.6. The van der Waals surface area contributed by atoms with E-state index in [0.717, 1.165) is 0 Å². The van der Waals surface area contributed by atoms with Gasteiger partial charge in [-0.15, -0.1) is 0 Å². The Labute approximate surface area is 99.8 Å². The maximum Gasteiger partial charge on any atom is 0.164 e. The molecule has 0 unspecified atom stereocenters. The molecule has 0 aromatic heterocycles. The lowest BCUT2D eigenvalue weighted by Crippen LogP contribution is -2.02. The maximum atomic E-state index is 11.6. The van der Waals surface area contributed by atoms with Gasteiger partial charge in [0.25, 0.3) is 0 Å². The molecule has 0 heterocycles. The van der Waals surface area contributed by atoms with Gasteiger partial charge in [0.05, 0.1) is 0 Å². The lowest BCUT2D eigenvalue weighted by atomic mass is 10.1. The molecule has 0 fully saturated rings. The highest BCUT2D eigenvalue weighted by molar-refractivity contribution is 6.01. The molecule has 1 aromatic rings. The van der Waals surface area contributed by atoms with E-state index in [0.29, 0.717) is 17.7 Å².